The first-order chi connectivity index (χ1) is 0. The summed E-state index contributed by atoms with van der Waals surface area (Å²) in [6.07, 6.45) is 0. The Balaban J connectivity index is 0. The van der Waals surface area contributed by atoms with Crippen molar-refractivity contribution in [2.45, 2.75) is 0 Å². The standard InChI is InChI=1S/Ba.Li.4H2O.Ti.3H/h;;4*1H2;;;;/q+2;+1;;;;;;3*-1. The van der Waals surface area contributed by atoms with Crippen LogP contribution in [0, 0.1) is 0 Å². The fourth-order valence-corrected chi connectivity index (χ4v) is 0. The molecule has 0 aliphatic rings. The zero-order valence-corrected chi connectivity index (χ0v) is 10.2. The van der Waals surface area contributed by atoms with Gasteiger partial charge in [0.05, 0.1) is 0 Å². The SMILES string of the molecule is O.O.O.O.[Ba+2].[H-].[H-].[H-].[Li+].[Ti]. The van der Waals surface area contributed by atoms with Crippen LogP contribution in [0.25, 0.3) is 0 Å². The van der Waals surface area contributed by atoms with Crippen molar-refractivity contribution in [1.29, 1.82) is 0 Å². The summed E-state index contributed by atoms with van der Waals surface area (Å²) in [5, 5.41) is 0. The van der Waals surface area contributed by atoms with Crippen molar-refractivity contribution in [2.24, 2.45) is 0 Å². The Morgan fingerprint density at radius 3 is 0.714 bits per heavy atom. The molecule has 0 aromatic rings. The minimum absolute atomic E-state index is 0. The van der Waals surface area contributed by atoms with Gasteiger partial charge < -0.3 is 26.2 Å². The number of hydrogen-bond donors (Lipinski definition) is 0. The van der Waals surface area contributed by atoms with Crippen molar-refractivity contribution in [2.75, 3.05) is 0 Å². The minimum Gasteiger partial charge on any atom is -1.00 e. The molecule has 0 heterocycles. The van der Waals surface area contributed by atoms with Gasteiger partial charge >= 0.3 is 67.7 Å². The van der Waals surface area contributed by atoms with E-state index in [0.29, 0.717) is 0 Å². The zero-order valence-electron chi connectivity index (χ0n) is 7.21. The van der Waals surface area contributed by atoms with Crippen LogP contribution < -0.4 is 18.9 Å². The molecule has 8 N–H and O–H groups in total. The summed E-state index contributed by atoms with van der Waals surface area (Å²) in [6.45, 7) is 0. The maximum Gasteiger partial charge on any atom is 2.00 e. The van der Waals surface area contributed by atoms with Gasteiger partial charge in [-0.05, 0) is 0 Å². The molecular formula is H11BaLiO4Ti. The molecule has 0 aromatic heterocycles. The Morgan fingerprint density at radius 1 is 0.714 bits per heavy atom. The second-order valence-corrected chi connectivity index (χ2v) is 0. The molecule has 7 heavy (non-hydrogen) atoms. The summed E-state index contributed by atoms with van der Waals surface area (Å²) in [6, 6.07) is 0. The Morgan fingerprint density at radius 2 is 0.714 bits per heavy atom. The van der Waals surface area contributed by atoms with Gasteiger partial charge in [-0.2, -0.15) is 0 Å². The van der Waals surface area contributed by atoms with Gasteiger partial charge in [0.15, 0.2) is 0 Å². The quantitative estimate of drug-likeness (QED) is 0.387. The van der Waals surface area contributed by atoms with Crippen LogP contribution in [-0.2, 0) is 21.7 Å². The smallest absolute Gasteiger partial charge is 1.00 e. The van der Waals surface area contributed by atoms with E-state index in [0.717, 1.165) is 0 Å². The topological polar surface area (TPSA) is 126 Å². The summed E-state index contributed by atoms with van der Waals surface area (Å²) in [5.41, 5.74) is 0. The Labute approximate surface area is 114 Å². The van der Waals surface area contributed by atoms with Crippen LogP contribution in [0.5, 0.6) is 0 Å². The largest absolute Gasteiger partial charge is 2.00 e. The first-order valence-corrected chi connectivity index (χ1v) is 0. The van der Waals surface area contributed by atoms with Crippen molar-refractivity contribution in [3.8, 4) is 0 Å². The summed E-state index contributed by atoms with van der Waals surface area (Å²) in [5.74, 6) is 0. The first-order valence-electron chi connectivity index (χ1n) is 0. The van der Waals surface area contributed by atoms with Gasteiger partial charge in [-0.3, -0.25) is 0 Å². The van der Waals surface area contributed by atoms with Crippen molar-refractivity contribution >= 4 is 48.9 Å². The predicted molar refractivity (Wildman–Crippen MR) is 23.5 cm³/mol. The Bertz CT molecular complexity index is 20.5. The second kappa shape index (κ2) is 70.2. The van der Waals surface area contributed by atoms with E-state index in [-0.39, 0.29) is 116 Å². The van der Waals surface area contributed by atoms with Crippen LogP contribution in [0.3, 0.4) is 0 Å². The maximum atomic E-state index is 0. The average Bonchev–Trinajstić information content (AvgIpc) is 0. The summed E-state index contributed by atoms with van der Waals surface area (Å²) in [4.78, 5) is 0. The van der Waals surface area contributed by atoms with E-state index < -0.39 is 0 Å². The van der Waals surface area contributed by atoms with E-state index in [4.69, 9.17) is 0 Å². The average molecular weight is 267 g/mol. The third kappa shape index (κ3) is 53.2. The fourth-order valence-electron chi connectivity index (χ4n) is 0. The molecule has 0 fully saturated rings. The molecule has 0 saturated heterocycles. The molecule has 0 bridgehead atoms. The normalized spacial score (nSPS) is 0. The van der Waals surface area contributed by atoms with Crippen LogP contribution in [0.1, 0.15) is 4.28 Å². The molecular weight excluding hydrogens is 256 g/mol. The molecule has 0 saturated carbocycles. The molecule has 0 rings (SSSR count). The maximum absolute atomic E-state index is 0. The van der Waals surface area contributed by atoms with Crippen LogP contribution in [-0.4, -0.2) is 70.8 Å². The third-order valence-corrected chi connectivity index (χ3v) is 0. The Kier molecular flexibility index (Phi) is 1000. The van der Waals surface area contributed by atoms with E-state index in [1.54, 1.807) is 0 Å². The summed E-state index contributed by atoms with van der Waals surface area (Å²) < 4.78 is 0. The molecule has 0 atom stereocenters. The second-order valence-electron chi connectivity index (χ2n) is 0. The molecule has 0 aromatic carbocycles. The van der Waals surface area contributed by atoms with Crippen molar-refractivity contribution in [1.82, 2.24) is 0 Å². The van der Waals surface area contributed by atoms with E-state index in [1.165, 1.54) is 0 Å². The van der Waals surface area contributed by atoms with Crippen molar-refractivity contribution in [3.05, 3.63) is 0 Å². The molecule has 0 spiro atoms. The predicted octanol–water partition coefficient (Wildman–Crippen LogP) is -6.34. The van der Waals surface area contributed by atoms with Crippen molar-refractivity contribution in [3.63, 3.8) is 0 Å². The third-order valence-electron chi connectivity index (χ3n) is 0. The molecule has 0 aliphatic carbocycles. The van der Waals surface area contributed by atoms with Crippen LogP contribution in [0.2, 0.25) is 0 Å². The molecule has 0 aliphatic heterocycles. The molecule has 42 valence electrons. The van der Waals surface area contributed by atoms with Crippen LogP contribution in [0.4, 0.5) is 0 Å². The van der Waals surface area contributed by atoms with Gasteiger partial charge in [-0.15, -0.1) is 0 Å². The minimum atomic E-state index is 0. The number of hydrogen-bond acceptors (Lipinski definition) is 0. The monoisotopic (exact) mass is 268 g/mol. The summed E-state index contributed by atoms with van der Waals surface area (Å²) in [7, 11) is 0. The number of rotatable bonds is 0. The van der Waals surface area contributed by atoms with E-state index >= 15 is 0 Å². The van der Waals surface area contributed by atoms with Gasteiger partial charge in [-0.1, -0.05) is 0 Å². The van der Waals surface area contributed by atoms with Crippen LogP contribution in [0.15, 0.2) is 0 Å². The van der Waals surface area contributed by atoms with Gasteiger partial charge in [-0.25, -0.2) is 0 Å². The molecule has 4 nitrogen and oxygen atoms in total. The Hall–Kier alpha value is 2.72. The van der Waals surface area contributed by atoms with E-state index in [9.17, 15) is 0 Å². The van der Waals surface area contributed by atoms with Crippen molar-refractivity contribution < 1.29 is 66.8 Å². The molecule has 0 radical (unpaired) electrons. The molecule has 0 unspecified atom stereocenters. The molecule has 0 amide bonds. The fraction of sp³-hybridized carbons (Fsp3) is 0. The summed E-state index contributed by atoms with van der Waals surface area (Å²) >= 11 is 0. The van der Waals surface area contributed by atoms with Crippen LogP contribution >= 0.6 is 0 Å². The first kappa shape index (κ1) is 99.8. The van der Waals surface area contributed by atoms with E-state index in [1.807, 2.05) is 0 Å². The van der Waals surface area contributed by atoms with Gasteiger partial charge in [0, 0.05) is 21.7 Å². The van der Waals surface area contributed by atoms with Gasteiger partial charge in [0.2, 0.25) is 0 Å². The molecule has 7 heteroatoms. The zero-order chi connectivity index (χ0) is 0. The van der Waals surface area contributed by atoms with Gasteiger partial charge in [0.1, 0.15) is 0 Å². The van der Waals surface area contributed by atoms with E-state index in [2.05, 4.69) is 0 Å². The van der Waals surface area contributed by atoms with Gasteiger partial charge in [0.25, 0.3) is 0 Å².